The number of hydrogen-bond acceptors (Lipinski definition) is 3. The lowest BCUT2D eigenvalue weighted by Crippen LogP contribution is -2.31. The Bertz CT molecular complexity index is 614. The van der Waals surface area contributed by atoms with Gasteiger partial charge in [0.2, 0.25) is 5.88 Å². The lowest BCUT2D eigenvalue weighted by molar-refractivity contribution is 0.0983. The molecule has 21 heavy (non-hydrogen) atoms. The number of pyridine rings is 1. The number of halogens is 1. The molecule has 1 aromatic heterocycles. The largest absolute Gasteiger partial charge is 0.477 e. The molecule has 1 amide bonds. The monoisotopic (exact) mass is 288 g/mol. The van der Waals surface area contributed by atoms with Crippen LogP contribution in [0.25, 0.3) is 0 Å². The molecule has 0 unspecified atom stereocenters. The zero-order valence-electron chi connectivity index (χ0n) is 12.0. The fourth-order valence-corrected chi connectivity index (χ4v) is 2.02. The van der Waals surface area contributed by atoms with E-state index >= 15 is 0 Å². The Labute approximate surface area is 123 Å². The number of aromatic nitrogens is 1. The highest BCUT2D eigenvalue weighted by atomic mass is 19.1. The zero-order valence-corrected chi connectivity index (χ0v) is 12.0. The van der Waals surface area contributed by atoms with Crippen LogP contribution in [0.2, 0.25) is 0 Å². The van der Waals surface area contributed by atoms with Crippen LogP contribution < -0.4 is 9.64 Å². The average molecular weight is 288 g/mol. The van der Waals surface area contributed by atoms with Gasteiger partial charge in [-0.25, -0.2) is 9.37 Å². The highest BCUT2D eigenvalue weighted by Crippen LogP contribution is 2.22. The van der Waals surface area contributed by atoms with E-state index in [1.807, 2.05) is 13.8 Å². The summed E-state index contributed by atoms with van der Waals surface area (Å²) in [6.45, 7) is 4.59. The molecule has 0 radical (unpaired) electrons. The van der Waals surface area contributed by atoms with Gasteiger partial charge in [0, 0.05) is 18.4 Å². The second-order valence-corrected chi connectivity index (χ2v) is 4.31. The Hall–Kier alpha value is -2.43. The van der Waals surface area contributed by atoms with Crippen LogP contribution in [0, 0.1) is 5.82 Å². The summed E-state index contributed by atoms with van der Waals surface area (Å²) in [5.41, 5.74) is 1.03. The number of carbonyl (C=O) groups excluding carboxylic acids is 1. The van der Waals surface area contributed by atoms with E-state index in [0.717, 1.165) is 0 Å². The van der Waals surface area contributed by atoms with E-state index in [1.54, 1.807) is 35.4 Å². The van der Waals surface area contributed by atoms with Crippen LogP contribution in [-0.2, 0) is 0 Å². The molecule has 1 heterocycles. The lowest BCUT2D eigenvalue weighted by Gasteiger charge is -2.21. The highest BCUT2D eigenvalue weighted by Gasteiger charge is 2.20. The molecule has 0 fully saturated rings. The molecule has 0 N–H and O–H groups in total. The van der Waals surface area contributed by atoms with Gasteiger partial charge in [0.1, 0.15) is 11.4 Å². The van der Waals surface area contributed by atoms with Crippen molar-refractivity contribution >= 4 is 11.6 Å². The standard InChI is InChI=1S/C16H17FN2O2/c1-3-19(13-9-7-12(17)8-10-13)16(20)14-6-5-11-18-15(14)21-4-2/h5-11H,3-4H2,1-2H3. The van der Waals surface area contributed by atoms with E-state index < -0.39 is 0 Å². The number of amides is 1. The van der Waals surface area contributed by atoms with E-state index in [1.165, 1.54) is 12.1 Å². The summed E-state index contributed by atoms with van der Waals surface area (Å²) in [6, 6.07) is 9.18. The maximum absolute atomic E-state index is 13.0. The molecule has 0 atom stereocenters. The van der Waals surface area contributed by atoms with Crippen LogP contribution in [0.1, 0.15) is 24.2 Å². The van der Waals surface area contributed by atoms with Crippen LogP contribution >= 0.6 is 0 Å². The van der Waals surface area contributed by atoms with E-state index in [0.29, 0.717) is 30.3 Å². The Balaban J connectivity index is 2.34. The van der Waals surface area contributed by atoms with Gasteiger partial charge in [0.25, 0.3) is 5.91 Å². The normalized spacial score (nSPS) is 10.2. The number of carbonyl (C=O) groups is 1. The minimum absolute atomic E-state index is 0.222. The van der Waals surface area contributed by atoms with Gasteiger partial charge in [-0.2, -0.15) is 0 Å². The molecule has 0 bridgehead atoms. The number of ether oxygens (including phenoxy) is 1. The van der Waals surface area contributed by atoms with Gasteiger partial charge in [-0.1, -0.05) is 0 Å². The summed E-state index contributed by atoms with van der Waals surface area (Å²) in [5, 5.41) is 0. The average Bonchev–Trinajstić information content (AvgIpc) is 2.50. The molecule has 2 aromatic rings. The lowest BCUT2D eigenvalue weighted by atomic mass is 10.2. The van der Waals surface area contributed by atoms with Gasteiger partial charge in [0.15, 0.2) is 0 Å². The summed E-state index contributed by atoms with van der Waals surface area (Å²) in [5.74, 6) is -0.246. The van der Waals surface area contributed by atoms with Crippen LogP contribution in [-0.4, -0.2) is 24.0 Å². The van der Waals surface area contributed by atoms with E-state index in [2.05, 4.69) is 4.98 Å². The van der Waals surface area contributed by atoms with Crippen molar-refractivity contribution in [1.29, 1.82) is 0 Å². The molecule has 4 nitrogen and oxygen atoms in total. The Kier molecular flexibility index (Phi) is 4.87. The van der Waals surface area contributed by atoms with E-state index in [-0.39, 0.29) is 11.7 Å². The van der Waals surface area contributed by atoms with Gasteiger partial charge in [-0.3, -0.25) is 4.79 Å². The molecule has 0 saturated carbocycles. The summed E-state index contributed by atoms with van der Waals surface area (Å²) < 4.78 is 18.4. The summed E-state index contributed by atoms with van der Waals surface area (Å²) in [6.07, 6.45) is 1.58. The second-order valence-electron chi connectivity index (χ2n) is 4.31. The van der Waals surface area contributed by atoms with Gasteiger partial charge in [-0.15, -0.1) is 0 Å². The molecular weight excluding hydrogens is 271 g/mol. The Morgan fingerprint density at radius 2 is 1.95 bits per heavy atom. The maximum Gasteiger partial charge on any atom is 0.263 e. The van der Waals surface area contributed by atoms with Gasteiger partial charge in [-0.05, 0) is 50.2 Å². The molecule has 5 heteroatoms. The quantitative estimate of drug-likeness (QED) is 0.848. The van der Waals surface area contributed by atoms with E-state index in [9.17, 15) is 9.18 Å². The minimum atomic E-state index is -0.335. The molecule has 0 aliphatic carbocycles. The molecule has 0 saturated heterocycles. The number of hydrogen-bond donors (Lipinski definition) is 0. The summed E-state index contributed by atoms with van der Waals surface area (Å²) >= 11 is 0. The minimum Gasteiger partial charge on any atom is -0.477 e. The van der Waals surface area contributed by atoms with Crippen molar-refractivity contribution in [3.8, 4) is 5.88 Å². The van der Waals surface area contributed by atoms with Crippen LogP contribution in [0.5, 0.6) is 5.88 Å². The van der Waals surface area contributed by atoms with Crippen molar-refractivity contribution in [3.63, 3.8) is 0 Å². The first kappa shape index (κ1) is 15.0. The second kappa shape index (κ2) is 6.83. The molecule has 0 aliphatic rings. The Morgan fingerprint density at radius 3 is 2.57 bits per heavy atom. The van der Waals surface area contributed by atoms with Crippen molar-refractivity contribution in [1.82, 2.24) is 4.98 Å². The number of rotatable bonds is 5. The number of nitrogens with zero attached hydrogens (tertiary/aromatic N) is 2. The topological polar surface area (TPSA) is 42.4 Å². The van der Waals surface area contributed by atoms with E-state index in [4.69, 9.17) is 4.74 Å². The van der Waals surface area contributed by atoms with Crippen LogP contribution in [0.4, 0.5) is 10.1 Å². The predicted octanol–water partition coefficient (Wildman–Crippen LogP) is 3.29. The first-order chi connectivity index (χ1) is 10.2. The van der Waals surface area contributed by atoms with Crippen molar-refractivity contribution in [2.24, 2.45) is 0 Å². The first-order valence-electron chi connectivity index (χ1n) is 6.82. The SMILES string of the molecule is CCOc1ncccc1C(=O)N(CC)c1ccc(F)cc1. The molecule has 1 aromatic carbocycles. The van der Waals surface area contributed by atoms with Gasteiger partial charge in [0.05, 0.1) is 6.61 Å². The summed E-state index contributed by atoms with van der Waals surface area (Å²) in [4.78, 5) is 18.3. The molecule has 0 spiro atoms. The third-order valence-corrected chi connectivity index (χ3v) is 2.98. The highest BCUT2D eigenvalue weighted by molar-refractivity contribution is 6.07. The van der Waals surface area contributed by atoms with Crippen molar-refractivity contribution in [2.75, 3.05) is 18.1 Å². The third kappa shape index (κ3) is 3.37. The molecule has 110 valence electrons. The third-order valence-electron chi connectivity index (χ3n) is 2.98. The van der Waals surface area contributed by atoms with Gasteiger partial charge >= 0.3 is 0 Å². The van der Waals surface area contributed by atoms with Gasteiger partial charge < -0.3 is 9.64 Å². The number of benzene rings is 1. The number of anilines is 1. The van der Waals surface area contributed by atoms with Crippen molar-refractivity contribution in [3.05, 3.63) is 54.0 Å². The van der Waals surface area contributed by atoms with Crippen molar-refractivity contribution in [2.45, 2.75) is 13.8 Å². The van der Waals surface area contributed by atoms with Crippen LogP contribution in [0.15, 0.2) is 42.6 Å². The van der Waals surface area contributed by atoms with Crippen LogP contribution in [0.3, 0.4) is 0 Å². The zero-order chi connectivity index (χ0) is 15.2. The van der Waals surface area contributed by atoms with Crippen molar-refractivity contribution < 1.29 is 13.9 Å². The molecule has 0 aliphatic heterocycles. The maximum atomic E-state index is 13.0. The summed E-state index contributed by atoms with van der Waals surface area (Å²) in [7, 11) is 0. The molecular formula is C16H17FN2O2. The Morgan fingerprint density at radius 1 is 1.24 bits per heavy atom. The molecule has 2 rings (SSSR count). The fraction of sp³-hybridized carbons (Fsp3) is 0.250. The smallest absolute Gasteiger partial charge is 0.263 e. The fourth-order valence-electron chi connectivity index (χ4n) is 2.02. The first-order valence-corrected chi connectivity index (χ1v) is 6.82. The predicted molar refractivity (Wildman–Crippen MR) is 79.2 cm³/mol.